The van der Waals surface area contributed by atoms with Crippen LogP contribution in [0.2, 0.25) is 0 Å². The predicted molar refractivity (Wildman–Crippen MR) is 34.3 cm³/mol. The monoisotopic (exact) mass is 113 g/mol. The lowest BCUT2D eigenvalue weighted by molar-refractivity contribution is 0.420. The number of hydrogen-bond acceptors (Lipinski definition) is 2. The van der Waals surface area contributed by atoms with Crippen molar-refractivity contribution < 1.29 is 5.11 Å². The average molecular weight is 113 g/mol. The summed E-state index contributed by atoms with van der Waals surface area (Å²) < 4.78 is 0. The summed E-state index contributed by atoms with van der Waals surface area (Å²) in [4.78, 5) is 0. The quantitative estimate of drug-likeness (QED) is 0.398. The highest BCUT2D eigenvalue weighted by atomic mass is 16.3. The average Bonchev–Trinajstić information content (AvgIpc) is 1.84. The van der Waals surface area contributed by atoms with E-state index in [4.69, 9.17) is 10.8 Å². The predicted octanol–water partition coefficient (Wildman–Crippen LogP) is 1.31. The van der Waals surface area contributed by atoms with Crippen molar-refractivity contribution in [2.45, 2.75) is 13.8 Å². The van der Waals surface area contributed by atoms with Gasteiger partial charge in [0.1, 0.15) is 5.76 Å². The first-order valence-corrected chi connectivity index (χ1v) is 2.49. The summed E-state index contributed by atoms with van der Waals surface area (Å²) in [6, 6.07) is 0. The second-order valence-electron chi connectivity index (χ2n) is 1.42. The van der Waals surface area contributed by atoms with Gasteiger partial charge in [-0.1, -0.05) is 6.08 Å². The van der Waals surface area contributed by atoms with Crippen LogP contribution in [0.3, 0.4) is 0 Å². The van der Waals surface area contributed by atoms with Crippen LogP contribution in [0.4, 0.5) is 0 Å². The molecule has 0 aliphatic heterocycles. The summed E-state index contributed by atoms with van der Waals surface area (Å²) in [6.07, 6.45) is 3.20. The van der Waals surface area contributed by atoms with E-state index in [0.29, 0.717) is 5.70 Å². The van der Waals surface area contributed by atoms with Gasteiger partial charge < -0.3 is 10.8 Å². The SMILES string of the molecule is CC=C(N)C(O)=CC. The molecule has 0 fully saturated rings. The Morgan fingerprint density at radius 2 is 1.88 bits per heavy atom. The molecule has 0 aliphatic carbocycles. The number of allylic oxidation sites excluding steroid dienone is 2. The molecule has 0 heterocycles. The van der Waals surface area contributed by atoms with Crippen molar-refractivity contribution in [1.82, 2.24) is 0 Å². The Morgan fingerprint density at radius 1 is 1.38 bits per heavy atom. The molecule has 0 aliphatic rings. The lowest BCUT2D eigenvalue weighted by Crippen LogP contribution is -1.98. The molecule has 0 atom stereocenters. The van der Waals surface area contributed by atoms with E-state index in [9.17, 15) is 0 Å². The highest BCUT2D eigenvalue weighted by Crippen LogP contribution is 1.95. The first kappa shape index (κ1) is 7.08. The standard InChI is InChI=1S/C6H11NO/c1-3-5(7)6(8)4-2/h3-4,8H,7H2,1-2H3. The minimum atomic E-state index is 0.146. The topological polar surface area (TPSA) is 46.2 Å². The number of hydrogen-bond donors (Lipinski definition) is 2. The highest BCUT2D eigenvalue weighted by Gasteiger charge is 1.89. The molecule has 2 nitrogen and oxygen atoms in total. The zero-order valence-electron chi connectivity index (χ0n) is 5.18. The van der Waals surface area contributed by atoms with Crippen molar-refractivity contribution in [2.75, 3.05) is 0 Å². The third-order valence-corrected chi connectivity index (χ3v) is 0.880. The second kappa shape index (κ2) is 3.13. The van der Waals surface area contributed by atoms with Gasteiger partial charge in [0, 0.05) is 0 Å². The molecule has 3 N–H and O–H groups in total. The van der Waals surface area contributed by atoms with Gasteiger partial charge in [-0.05, 0) is 19.9 Å². The summed E-state index contributed by atoms with van der Waals surface area (Å²) in [6.45, 7) is 3.50. The summed E-state index contributed by atoms with van der Waals surface area (Å²) in [5.41, 5.74) is 5.69. The fourth-order valence-corrected chi connectivity index (χ4v) is 0.315. The minimum Gasteiger partial charge on any atom is -0.506 e. The maximum atomic E-state index is 8.79. The normalized spacial score (nSPS) is 14.2. The molecule has 0 aromatic heterocycles. The zero-order chi connectivity index (χ0) is 6.57. The Bertz CT molecular complexity index is 108. The van der Waals surface area contributed by atoms with Gasteiger partial charge in [-0.25, -0.2) is 0 Å². The summed E-state index contributed by atoms with van der Waals surface area (Å²) >= 11 is 0. The van der Waals surface area contributed by atoms with Crippen LogP contribution in [0.5, 0.6) is 0 Å². The van der Waals surface area contributed by atoms with E-state index in [2.05, 4.69) is 0 Å². The van der Waals surface area contributed by atoms with Crippen LogP contribution in [0.15, 0.2) is 23.6 Å². The molecule has 0 unspecified atom stereocenters. The Balaban J connectivity index is 4.04. The number of aliphatic hydroxyl groups excluding tert-OH is 1. The molecule has 0 rings (SSSR count). The molecule has 0 bridgehead atoms. The lowest BCUT2D eigenvalue weighted by atomic mass is 10.3. The molecule has 0 spiro atoms. The highest BCUT2D eigenvalue weighted by molar-refractivity contribution is 5.19. The molecule has 0 radical (unpaired) electrons. The summed E-state index contributed by atoms with van der Waals surface area (Å²) in [5, 5.41) is 8.79. The van der Waals surface area contributed by atoms with Crippen molar-refractivity contribution in [3.8, 4) is 0 Å². The largest absolute Gasteiger partial charge is 0.506 e. The van der Waals surface area contributed by atoms with Crippen molar-refractivity contribution in [3.05, 3.63) is 23.6 Å². The molecular weight excluding hydrogens is 102 g/mol. The third kappa shape index (κ3) is 1.69. The van der Waals surface area contributed by atoms with E-state index in [1.54, 1.807) is 26.0 Å². The van der Waals surface area contributed by atoms with Gasteiger partial charge in [-0.15, -0.1) is 0 Å². The fourth-order valence-electron chi connectivity index (χ4n) is 0.315. The number of nitrogens with two attached hydrogens (primary N) is 1. The van der Waals surface area contributed by atoms with E-state index < -0.39 is 0 Å². The zero-order valence-corrected chi connectivity index (χ0v) is 5.18. The molecule has 0 saturated heterocycles. The first-order valence-electron chi connectivity index (χ1n) is 2.49. The third-order valence-electron chi connectivity index (χ3n) is 0.880. The van der Waals surface area contributed by atoms with Gasteiger partial charge in [0.2, 0.25) is 0 Å². The van der Waals surface area contributed by atoms with E-state index in [1.807, 2.05) is 0 Å². The van der Waals surface area contributed by atoms with Crippen LogP contribution >= 0.6 is 0 Å². The van der Waals surface area contributed by atoms with Crippen LogP contribution in [-0.4, -0.2) is 5.11 Å². The molecular formula is C6H11NO. The molecule has 0 amide bonds. The maximum Gasteiger partial charge on any atom is 0.133 e. The first-order chi connectivity index (χ1) is 3.72. The molecule has 0 saturated carbocycles. The van der Waals surface area contributed by atoms with Gasteiger partial charge >= 0.3 is 0 Å². The smallest absolute Gasteiger partial charge is 0.133 e. The number of rotatable bonds is 1. The van der Waals surface area contributed by atoms with Gasteiger partial charge in [0.25, 0.3) is 0 Å². The molecule has 2 heteroatoms. The summed E-state index contributed by atoms with van der Waals surface area (Å²) in [5.74, 6) is 0.146. The summed E-state index contributed by atoms with van der Waals surface area (Å²) in [7, 11) is 0. The van der Waals surface area contributed by atoms with Gasteiger partial charge in [-0.2, -0.15) is 0 Å². The minimum absolute atomic E-state index is 0.146. The van der Waals surface area contributed by atoms with Crippen molar-refractivity contribution in [1.29, 1.82) is 0 Å². The van der Waals surface area contributed by atoms with Crippen LogP contribution in [0.25, 0.3) is 0 Å². The Kier molecular flexibility index (Phi) is 2.77. The fraction of sp³-hybridized carbons (Fsp3) is 0.333. The molecule has 46 valence electrons. The lowest BCUT2D eigenvalue weighted by Gasteiger charge is -1.94. The second-order valence-corrected chi connectivity index (χ2v) is 1.42. The van der Waals surface area contributed by atoms with Crippen molar-refractivity contribution >= 4 is 0 Å². The number of aliphatic hydroxyl groups is 1. The molecule has 0 aromatic rings. The van der Waals surface area contributed by atoms with Gasteiger partial charge in [0.15, 0.2) is 0 Å². The Labute approximate surface area is 49.3 Å². The molecule has 0 aromatic carbocycles. The van der Waals surface area contributed by atoms with E-state index in [1.165, 1.54) is 0 Å². The van der Waals surface area contributed by atoms with Crippen LogP contribution in [0.1, 0.15) is 13.8 Å². The van der Waals surface area contributed by atoms with Crippen LogP contribution < -0.4 is 5.73 Å². The van der Waals surface area contributed by atoms with Crippen molar-refractivity contribution in [2.24, 2.45) is 5.73 Å². The Morgan fingerprint density at radius 3 is 2.00 bits per heavy atom. The van der Waals surface area contributed by atoms with Crippen LogP contribution in [-0.2, 0) is 0 Å². The van der Waals surface area contributed by atoms with E-state index >= 15 is 0 Å². The molecule has 8 heavy (non-hydrogen) atoms. The van der Waals surface area contributed by atoms with E-state index in [0.717, 1.165) is 0 Å². The Hall–Kier alpha value is -0.920. The van der Waals surface area contributed by atoms with Crippen LogP contribution in [0, 0.1) is 0 Å². The van der Waals surface area contributed by atoms with Gasteiger partial charge in [0.05, 0.1) is 5.70 Å². The van der Waals surface area contributed by atoms with E-state index in [-0.39, 0.29) is 5.76 Å². The van der Waals surface area contributed by atoms with Crippen molar-refractivity contribution in [3.63, 3.8) is 0 Å². The maximum absolute atomic E-state index is 8.79. The van der Waals surface area contributed by atoms with Gasteiger partial charge in [-0.3, -0.25) is 0 Å².